The second kappa shape index (κ2) is 17.2. The third-order valence-corrected chi connectivity index (χ3v) is 2.92. The number of carboxylic acid groups (broad SMARTS) is 1. The van der Waals surface area contributed by atoms with E-state index in [1.165, 1.54) is 0 Å². The number of aliphatic hydroxyl groups is 1. The summed E-state index contributed by atoms with van der Waals surface area (Å²) in [5, 5.41) is 18.7. The van der Waals surface area contributed by atoms with Gasteiger partial charge in [0.05, 0.1) is 12.5 Å². The lowest BCUT2D eigenvalue weighted by molar-refractivity contribution is -0.137. The Balaban J connectivity index is 0. The van der Waals surface area contributed by atoms with Crippen LogP contribution in [0.3, 0.4) is 0 Å². The van der Waals surface area contributed by atoms with Crippen LogP contribution < -0.4 is 5.32 Å². The molecule has 1 amide bonds. The van der Waals surface area contributed by atoms with Crippen molar-refractivity contribution in [1.82, 2.24) is 5.32 Å². The molecule has 5 heteroatoms. The van der Waals surface area contributed by atoms with Crippen molar-refractivity contribution in [3.05, 3.63) is 71.8 Å². The van der Waals surface area contributed by atoms with Gasteiger partial charge in [0.15, 0.2) is 0 Å². The van der Waals surface area contributed by atoms with Crippen molar-refractivity contribution in [2.75, 3.05) is 7.11 Å². The summed E-state index contributed by atoms with van der Waals surface area (Å²) in [5.74, 6) is -1.23. The SMILES string of the molecule is CC.CC.CO.O=C(O)C[C@@H](NC(=O)c1ccccc1)c1ccccc1. The average molecular weight is 361 g/mol. The van der Waals surface area contributed by atoms with Crippen molar-refractivity contribution in [3.63, 3.8) is 0 Å². The van der Waals surface area contributed by atoms with Gasteiger partial charge in [-0.15, -0.1) is 0 Å². The predicted molar refractivity (Wildman–Crippen MR) is 106 cm³/mol. The van der Waals surface area contributed by atoms with Gasteiger partial charge < -0.3 is 15.5 Å². The third kappa shape index (κ3) is 10.3. The normalized spacial score (nSPS) is 9.62. The van der Waals surface area contributed by atoms with E-state index in [-0.39, 0.29) is 12.3 Å². The molecule has 0 aliphatic rings. The van der Waals surface area contributed by atoms with Crippen molar-refractivity contribution in [2.24, 2.45) is 0 Å². The largest absolute Gasteiger partial charge is 0.481 e. The Morgan fingerprint density at radius 2 is 1.27 bits per heavy atom. The molecule has 5 nitrogen and oxygen atoms in total. The van der Waals surface area contributed by atoms with E-state index in [0.29, 0.717) is 5.56 Å². The third-order valence-electron chi connectivity index (χ3n) is 2.92. The number of rotatable bonds is 5. The highest BCUT2D eigenvalue weighted by molar-refractivity contribution is 5.94. The summed E-state index contributed by atoms with van der Waals surface area (Å²) in [5.41, 5.74) is 1.29. The molecule has 0 saturated heterocycles. The van der Waals surface area contributed by atoms with Crippen molar-refractivity contribution >= 4 is 11.9 Å². The molecule has 3 N–H and O–H groups in total. The minimum absolute atomic E-state index is 0.150. The van der Waals surface area contributed by atoms with Crippen LogP contribution >= 0.6 is 0 Å². The van der Waals surface area contributed by atoms with Gasteiger partial charge in [-0.05, 0) is 17.7 Å². The number of carboxylic acids is 1. The lowest BCUT2D eigenvalue weighted by Crippen LogP contribution is -2.30. The standard InChI is InChI=1S/C16H15NO3.2C2H6.CH4O/c18-15(19)11-14(12-7-3-1-4-8-12)17-16(20)13-9-5-2-6-10-13;3*1-2/h1-10,14H,11H2,(H,17,20)(H,18,19);2*1-2H3;2H,1H3/t14-;;;/m1.../s1. The second-order valence-electron chi connectivity index (χ2n) is 4.40. The molecule has 0 heterocycles. The number of carbonyl (C=O) groups excluding carboxylic acids is 1. The summed E-state index contributed by atoms with van der Waals surface area (Å²) >= 11 is 0. The Morgan fingerprint density at radius 3 is 1.69 bits per heavy atom. The Hall–Kier alpha value is -2.66. The van der Waals surface area contributed by atoms with Gasteiger partial charge in [-0.25, -0.2) is 0 Å². The first-order chi connectivity index (χ1) is 12.7. The van der Waals surface area contributed by atoms with E-state index in [9.17, 15) is 9.59 Å². The molecule has 0 aliphatic carbocycles. The van der Waals surface area contributed by atoms with Crippen LogP contribution in [0.15, 0.2) is 60.7 Å². The molecule has 0 aliphatic heterocycles. The van der Waals surface area contributed by atoms with Gasteiger partial charge in [-0.3, -0.25) is 9.59 Å². The second-order valence-corrected chi connectivity index (χ2v) is 4.40. The number of hydrogen-bond donors (Lipinski definition) is 3. The van der Waals surface area contributed by atoms with Crippen molar-refractivity contribution in [2.45, 2.75) is 40.2 Å². The highest BCUT2D eigenvalue weighted by Crippen LogP contribution is 2.17. The van der Waals surface area contributed by atoms with Gasteiger partial charge in [0, 0.05) is 12.7 Å². The number of benzene rings is 2. The van der Waals surface area contributed by atoms with E-state index < -0.39 is 12.0 Å². The summed E-state index contributed by atoms with van der Waals surface area (Å²) in [4.78, 5) is 23.1. The van der Waals surface area contributed by atoms with Crippen LogP contribution in [-0.4, -0.2) is 29.2 Å². The fourth-order valence-electron chi connectivity index (χ4n) is 1.94. The first kappa shape index (κ1) is 25.6. The smallest absolute Gasteiger partial charge is 0.305 e. The monoisotopic (exact) mass is 361 g/mol. The summed E-state index contributed by atoms with van der Waals surface area (Å²) in [6.07, 6.45) is -0.150. The van der Waals surface area contributed by atoms with E-state index in [1.807, 2.05) is 52.0 Å². The lowest BCUT2D eigenvalue weighted by Gasteiger charge is -2.17. The summed E-state index contributed by atoms with van der Waals surface area (Å²) < 4.78 is 0. The Kier molecular flexibility index (Phi) is 16.9. The molecule has 2 aromatic carbocycles. The van der Waals surface area contributed by atoms with Crippen LogP contribution in [0.1, 0.15) is 56.1 Å². The van der Waals surface area contributed by atoms with Gasteiger partial charge in [0.2, 0.25) is 0 Å². The van der Waals surface area contributed by atoms with Crippen LogP contribution in [-0.2, 0) is 4.79 Å². The van der Waals surface area contributed by atoms with Gasteiger partial charge >= 0.3 is 5.97 Å². The maximum absolute atomic E-state index is 12.1. The van der Waals surface area contributed by atoms with Crippen LogP contribution in [0.2, 0.25) is 0 Å². The molecule has 0 unspecified atom stereocenters. The molecule has 0 aromatic heterocycles. The van der Waals surface area contributed by atoms with Gasteiger partial charge in [0.25, 0.3) is 5.91 Å². The molecule has 2 aromatic rings. The summed E-state index contributed by atoms with van der Waals surface area (Å²) in [6, 6.07) is 17.3. The van der Waals surface area contributed by atoms with E-state index >= 15 is 0 Å². The zero-order chi connectivity index (χ0) is 20.4. The van der Waals surface area contributed by atoms with E-state index in [1.54, 1.807) is 36.4 Å². The molecular weight excluding hydrogens is 330 g/mol. The minimum Gasteiger partial charge on any atom is -0.481 e. The number of carbonyl (C=O) groups is 2. The number of aliphatic carboxylic acids is 1. The number of aliphatic hydroxyl groups excluding tert-OH is 1. The van der Waals surface area contributed by atoms with Crippen LogP contribution in [0.5, 0.6) is 0 Å². The molecular formula is C21H31NO4. The maximum atomic E-state index is 12.1. The van der Waals surface area contributed by atoms with Crippen LogP contribution in [0, 0.1) is 0 Å². The van der Waals surface area contributed by atoms with E-state index in [2.05, 4.69) is 5.32 Å². The number of nitrogens with one attached hydrogen (secondary N) is 1. The highest BCUT2D eigenvalue weighted by atomic mass is 16.4. The minimum atomic E-state index is -0.952. The zero-order valence-electron chi connectivity index (χ0n) is 16.3. The van der Waals surface area contributed by atoms with Gasteiger partial charge in [-0.1, -0.05) is 76.2 Å². The molecule has 26 heavy (non-hydrogen) atoms. The Labute approximate surface area is 156 Å². The van der Waals surface area contributed by atoms with Gasteiger partial charge in [-0.2, -0.15) is 0 Å². The van der Waals surface area contributed by atoms with Gasteiger partial charge in [0.1, 0.15) is 0 Å². The quantitative estimate of drug-likeness (QED) is 0.741. The van der Waals surface area contributed by atoms with Crippen LogP contribution in [0.4, 0.5) is 0 Å². The molecule has 1 atom stereocenters. The molecule has 0 radical (unpaired) electrons. The van der Waals surface area contributed by atoms with Crippen LogP contribution in [0.25, 0.3) is 0 Å². The molecule has 0 bridgehead atoms. The topological polar surface area (TPSA) is 86.6 Å². The first-order valence-electron chi connectivity index (χ1n) is 8.74. The Morgan fingerprint density at radius 1 is 0.846 bits per heavy atom. The fourth-order valence-corrected chi connectivity index (χ4v) is 1.94. The van der Waals surface area contributed by atoms with Crippen molar-refractivity contribution in [3.8, 4) is 0 Å². The zero-order valence-corrected chi connectivity index (χ0v) is 16.3. The lowest BCUT2D eigenvalue weighted by atomic mass is 10.0. The molecule has 0 saturated carbocycles. The Bertz CT molecular complexity index is 585. The van der Waals surface area contributed by atoms with Crippen molar-refractivity contribution < 1.29 is 19.8 Å². The predicted octanol–water partition coefficient (Wildman–Crippen LogP) is 4.29. The first-order valence-corrected chi connectivity index (χ1v) is 8.74. The molecule has 2 rings (SSSR count). The number of hydrogen-bond acceptors (Lipinski definition) is 3. The van der Waals surface area contributed by atoms with E-state index in [4.69, 9.17) is 10.2 Å². The van der Waals surface area contributed by atoms with E-state index in [0.717, 1.165) is 12.7 Å². The molecule has 0 fully saturated rings. The van der Waals surface area contributed by atoms with Crippen molar-refractivity contribution in [1.29, 1.82) is 0 Å². The summed E-state index contributed by atoms with van der Waals surface area (Å²) in [7, 11) is 1.00. The molecule has 0 spiro atoms. The summed E-state index contributed by atoms with van der Waals surface area (Å²) in [6.45, 7) is 8.00. The highest BCUT2D eigenvalue weighted by Gasteiger charge is 2.18. The average Bonchev–Trinajstić information content (AvgIpc) is 2.73. The maximum Gasteiger partial charge on any atom is 0.305 e. The number of amides is 1. The molecule has 144 valence electrons. The fraction of sp³-hybridized carbons (Fsp3) is 0.333.